The summed E-state index contributed by atoms with van der Waals surface area (Å²) in [6.07, 6.45) is 1.12. The topological polar surface area (TPSA) is 125 Å². The third kappa shape index (κ3) is 4.49. The van der Waals surface area contributed by atoms with Crippen molar-refractivity contribution in [2.24, 2.45) is 0 Å². The van der Waals surface area contributed by atoms with Crippen LogP contribution in [-0.4, -0.2) is 32.2 Å². The maximum Gasteiger partial charge on any atom is 0.303 e. The number of aryl methyl sites for hydroxylation is 1. The molecule has 0 saturated heterocycles. The second-order valence-corrected chi connectivity index (χ2v) is 5.01. The number of anilines is 1. The van der Waals surface area contributed by atoms with Crippen LogP contribution in [0, 0.1) is 0 Å². The fraction of sp³-hybridized carbons (Fsp3) is 0.250. The fourth-order valence-corrected chi connectivity index (χ4v) is 2.27. The van der Waals surface area contributed by atoms with Crippen LogP contribution >= 0.6 is 11.3 Å². The van der Waals surface area contributed by atoms with Crippen molar-refractivity contribution >= 4 is 28.3 Å². The standard InChI is InChI=1S/C12H12N4O4S/c17-9-5-4-8(15-16-9)11(20)14-12-13-7(6-21-12)2-1-3-10(18)19/h4-6H,1-3H2,(H,16,17)(H,18,19)(H,13,14,20). The van der Waals surface area contributed by atoms with Gasteiger partial charge < -0.3 is 5.11 Å². The van der Waals surface area contributed by atoms with Crippen molar-refractivity contribution in [2.45, 2.75) is 19.3 Å². The predicted molar refractivity (Wildman–Crippen MR) is 75.5 cm³/mol. The first-order chi connectivity index (χ1) is 10.0. The van der Waals surface area contributed by atoms with E-state index in [1.807, 2.05) is 0 Å². The van der Waals surface area contributed by atoms with E-state index in [-0.39, 0.29) is 17.7 Å². The number of H-pyrrole nitrogens is 1. The maximum atomic E-state index is 11.8. The number of rotatable bonds is 6. The molecule has 9 heteroatoms. The van der Waals surface area contributed by atoms with Crippen LogP contribution in [0.1, 0.15) is 29.0 Å². The SMILES string of the molecule is O=C(O)CCCc1csc(NC(=O)c2ccc(=O)[nH]n2)n1. The minimum atomic E-state index is -0.845. The van der Waals surface area contributed by atoms with Crippen LogP contribution in [0.15, 0.2) is 22.3 Å². The van der Waals surface area contributed by atoms with Crippen molar-refractivity contribution < 1.29 is 14.7 Å². The maximum absolute atomic E-state index is 11.8. The highest BCUT2D eigenvalue weighted by atomic mass is 32.1. The average Bonchev–Trinajstić information content (AvgIpc) is 2.86. The van der Waals surface area contributed by atoms with Crippen molar-refractivity contribution in [3.05, 3.63) is 39.3 Å². The summed E-state index contributed by atoms with van der Waals surface area (Å²) in [6, 6.07) is 2.52. The minimum absolute atomic E-state index is 0.0808. The van der Waals surface area contributed by atoms with Gasteiger partial charge in [-0.25, -0.2) is 10.1 Å². The molecule has 0 aromatic carbocycles. The van der Waals surface area contributed by atoms with Crippen molar-refractivity contribution in [3.63, 3.8) is 0 Å². The molecule has 0 saturated carbocycles. The van der Waals surface area contributed by atoms with E-state index in [2.05, 4.69) is 20.5 Å². The van der Waals surface area contributed by atoms with E-state index in [1.165, 1.54) is 23.5 Å². The van der Waals surface area contributed by atoms with Crippen LogP contribution in [0.25, 0.3) is 0 Å². The third-order valence-corrected chi connectivity index (χ3v) is 3.31. The van der Waals surface area contributed by atoms with E-state index in [4.69, 9.17) is 5.11 Å². The van der Waals surface area contributed by atoms with Gasteiger partial charge in [-0.1, -0.05) is 0 Å². The van der Waals surface area contributed by atoms with Gasteiger partial charge in [0.15, 0.2) is 5.13 Å². The molecule has 0 atom stereocenters. The molecule has 0 aliphatic carbocycles. The lowest BCUT2D eigenvalue weighted by atomic mass is 10.2. The summed E-state index contributed by atoms with van der Waals surface area (Å²) in [5.41, 5.74) is 0.421. The Kier molecular flexibility index (Phi) is 4.77. The Morgan fingerprint density at radius 2 is 2.19 bits per heavy atom. The number of hydrogen-bond donors (Lipinski definition) is 3. The van der Waals surface area contributed by atoms with Crippen LogP contribution in [0.5, 0.6) is 0 Å². The molecule has 8 nitrogen and oxygen atoms in total. The number of carboxylic acids is 1. The number of carbonyl (C=O) groups is 2. The van der Waals surface area contributed by atoms with Crippen LogP contribution in [0.4, 0.5) is 5.13 Å². The molecule has 2 aromatic rings. The van der Waals surface area contributed by atoms with Crippen LogP contribution in [0.2, 0.25) is 0 Å². The lowest BCUT2D eigenvalue weighted by Crippen LogP contribution is -2.17. The molecular weight excluding hydrogens is 296 g/mol. The quantitative estimate of drug-likeness (QED) is 0.727. The van der Waals surface area contributed by atoms with Gasteiger partial charge in [0, 0.05) is 17.9 Å². The summed E-state index contributed by atoms with van der Waals surface area (Å²) in [4.78, 5) is 37.3. The molecule has 0 spiro atoms. The molecule has 21 heavy (non-hydrogen) atoms. The zero-order valence-corrected chi connectivity index (χ0v) is 11.6. The number of hydrogen-bond acceptors (Lipinski definition) is 6. The van der Waals surface area contributed by atoms with Crippen molar-refractivity contribution in [1.29, 1.82) is 0 Å². The van der Waals surface area contributed by atoms with Gasteiger partial charge in [-0.05, 0) is 18.9 Å². The van der Waals surface area contributed by atoms with Crippen LogP contribution in [-0.2, 0) is 11.2 Å². The first-order valence-electron chi connectivity index (χ1n) is 6.08. The lowest BCUT2D eigenvalue weighted by Gasteiger charge is -1.99. The van der Waals surface area contributed by atoms with E-state index >= 15 is 0 Å². The molecule has 2 aromatic heterocycles. The predicted octanol–water partition coefficient (Wildman–Crippen LogP) is 0.886. The molecule has 0 radical (unpaired) electrons. The molecular formula is C12H12N4O4S. The summed E-state index contributed by atoms with van der Waals surface area (Å²) in [6.45, 7) is 0. The second kappa shape index (κ2) is 6.75. The largest absolute Gasteiger partial charge is 0.481 e. The molecule has 0 aliphatic heterocycles. The minimum Gasteiger partial charge on any atom is -0.481 e. The highest BCUT2D eigenvalue weighted by Crippen LogP contribution is 2.17. The number of aromatic amines is 1. The van der Waals surface area contributed by atoms with Crippen molar-refractivity contribution in [2.75, 3.05) is 5.32 Å². The normalized spacial score (nSPS) is 10.3. The van der Waals surface area contributed by atoms with Gasteiger partial charge in [0.05, 0.1) is 5.69 Å². The van der Waals surface area contributed by atoms with E-state index in [1.54, 1.807) is 5.38 Å². The van der Waals surface area contributed by atoms with E-state index in [0.29, 0.717) is 18.0 Å². The van der Waals surface area contributed by atoms with Gasteiger partial charge >= 0.3 is 5.97 Å². The second-order valence-electron chi connectivity index (χ2n) is 4.15. The van der Waals surface area contributed by atoms with E-state index < -0.39 is 11.9 Å². The number of aliphatic carboxylic acids is 1. The summed E-state index contributed by atoms with van der Waals surface area (Å²) in [7, 11) is 0. The van der Waals surface area contributed by atoms with Crippen molar-refractivity contribution in [3.8, 4) is 0 Å². The summed E-state index contributed by atoms with van der Waals surface area (Å²) in [5, 5.41) is 19.1. The number of aromatic nitrogens is 3. The number of carboxylic acid groups (broad SMARTS) is 1. The Hall–Kier alpha value is -2.55. The Morgan fingerprint density at radius 1 is 1.38 bits per heavy atom. The Labute approximate surface area is 122 Å². The van der Waals surface area contributed by atoms with Gasteiger partial charge in [-0.2, -0.15) is 5.10 Å². The summed E-state index contributed by atoms with van der Waals surface area (Å²) >= 11 is 1.24. The molecule has 110 valence electrons. The Morgan fingerprint density at radius 3 is 2.86 bits per heavy atom. The van der Waals surface area contributed by atoms with Crippen LogP contribution < -0.4 is 10.9 Å². The first kappa shape index (κ1) is 14.9. The zero-order chi connectivity index (χ0) is 15.2. The zero-order valence-electron chi connectivity index (χ0n) is 10.8. The Bertz CT molecular complexity index is 689. The van der Waals surface area contributed by atoms with Crippen molar-refractivity contribution in [1.82, 2.24) is 15.2 Å². The molecule has 2 heterocycles. The molecule has 0 bridgehead atoms. The van der Waals surface area contributed by atoms with Gasteiger partial charge in [-0.3, -0.25) is 19.7 Å². The molecule has 3 N–H and O–H groups in total. The van der Waals surface area contributed by atoms with Gasteiger partial charge in [-0.15, -0.1) is 11.3 Å². The van der Waals surface area contributed by atoms with E-state index in [9.17, 15) is 14.4 Å². The number of amides is 1. The number of nitrogens with one attached hydrogen (secondary N) is 2. The number of thiazole rings is 1. The molecule has 2 rings (SSSR count). The van der Waals surface area contributed by atoms with Crippen LogP contribution in [0.3, 0.4) is 0 Å². The highest BCUT2D eigenvalue weighted by Gasteiger charge is 2.10. The number of carbonyl (C=O) groups excluding carboxylic acids is 1. The lowest BCUT2D eigenvalue weighted by molar-refractivity contribution is -0.137. The monoisotopic (exact) mass is 308 g/mol. The number of nitrogens with zero attached hydrogens (tertiary/aromatic N) is 2. The third-order valence-electron chi connectivity index (χ3n) is 2.51. The molecule has 0 aliphatic rings. The van der Waals surface area contributed by atoms with Gasteiger partial charge in [0.1, 0.15) is 5.69 Å². The summed E-state index contributed by atoms with van der Waals surface area (Å²) < 4.78 is 0. The fourth-order valence-electron chi connectivity index (χ4n) is 1.53. The smallest absolute Gasteiger partial charge is 0.303 e. The Balaban J connectivity index is 1.92. The molecule has 0 unspecified atom stereocenters. The summed E-state index contributed by atoms with van der Waals surface area (Å²) in [5.74, 6) is -1.32. The average molecular weight is 308 g/mol. The van der Waals surface area contributed by atoms with Gasteiger partial charge in [0.2, 0.25) is 0 Å². The van der Waals surface area contributed by atoms with Gasteiger partial charge in [0.25, 0.3) is 11.5 Å². The first-order valence-corrected chi connectivity index (χ1v) is 6.96. The molecule has 0 fully saturated rings. The highest BCUT2D eigenvalue weighted by molar-refractivity contribution is 7.13. The van der Waals surface area contributed by atoms with E-state index in [0.717, 1.165) is 5.69 Å². The molecule has 1 amide bonds.